The van der Waals surface area contributed by atoms with Gasteiger partial charge in [-0.05, 0) is 44.7 Å². The molecule has 0 N–H and O–H groups in total. The van der Waals surface area contributed by atoms with E-state index in [0.717, 1.165) is 29.9 Å². The van der Waals surface area contributed by atoms with Crippen LogP contribution in [0.2, 0.25) is 10.0 Å². The van der Waals surface area contributed by atoms with Crippen LogP contribution in [-0.2, 0) is 0 Å². The first-order valence-corrected chi connectivity index (χ1v) is 10.5. The molecular formula is C19H26Cl2N2S. The Balaban J connectivity index is 1.80. The summed E-state index contributed by atoms with van der Waals surface area (Å²) in [5, 5.41) is 2.20. The van der Waals surface area contributed by atoms with E-state index in [0.29, 0.717) is 10.0 Å². The van der Waals surface area contributed by atoms with E-state index in [1.165, 1.54) is 38.5 Å². The molecule has 3 rings (SSSR count). The zero-order valence-electron chi connectivity index (χ0n) is 14.5. The second-order valence-corrected chi connectivity index (χ2v) is 10.0. The Morgan fingerprint density at radius 2 is 1.88 bits per heavy atom. The van der Waals surface area contributed by atoms with Crippen LogP contribution in [0.15, 0.2) is 23.2 Å². The Bertz CT molecular complexity index is 607. The molecule has 0 spiro atoms. The summed E-state index contributed by atoms with van der Waals surface area (Å²) in [7, 11) is 0. The Morgan fingerprint density at radius 1 is 1.17 bits per heavy atom. The van der Waals surface area contributed by atoms with Crippen LogP contribution in [-0.4, -0.2) is 27.9 Å². The number of halogens is 2. The van der Waals surface area contributed by atoms with Crippen LogP contribution in [0.25, 0.3) is 0 Å². The molecule has 1 saturated carbocycles. The van der Waals surface area contributed by atoms with Crippen molar-refractivity contribution in [2.24, 2.45) is 10.9 Å². The van der Waals surface area contributed by atoms with Crippen molar-refractivity contribution in [2.45, 2.75) is 57.1 Å². The van der Waals surface area contributed by atoms with Gasteiger partial charge in [0.2, 0.25) is 0 Å². The fraction of sp³-hybridized carbons (Fsp3) is 0.632. The Kier molecular flexibility index (Phi) is 6.05. The third kappa shape index (κ3) is 4.62. The molecule has 0 radical (unpaired) electrons. The van der Waals surface area contributed by atoms with Crippen LogP contribution in [0.1, 0.15) is 52.4 Å². The quantitative estimate of drug-likeness (QED) is 0.533. The summed E-state index contributed by atoms with van der Waals surface area (Å²) < 4.78 is 0.189. The lowest BCUT2D eigenvalue weighted by Gasteiger charge is -2.25. The smallest absolute Gasteiger partial charge is 0.165 e. The predicted octanol–water partition coefficient (Wildman–Crippen LogP) is 6.78. The molecule has 1 aromatic rings. The standard InChI is InChI=1S/C19H26Cl2N2S/c1-19(2)13-23(12-14-8-5-3-4-6-9-14)18(24-19)22-16-11-7-10-15(20)17(16)21/h7,10-11,14H,3-6,8-9,12-13H2,1-2H3. The molecule has 1 aliphatic heterocycles. The third-order valence-electron chi connectivity index (χ3n) is 4.81. The molecule has 1 aromatic carbocycles. The van der Waals surface area contributed by atoms with Crippen LogP contribution < -0.4 is 0 Å². The minimum absolute atomic E-state index is 0.189. The summed E-state index contributed by atoms with van der Waals surface area (Å²) in [4.78, 5) is 7.34. The molecule has 0 bridgehead atoms. The Hall–Kier alpha value is -0.380. The SMILES string of the molecule is CC1(C)CN(CC2CCCCCC2)C(=Nc2cccc(Cl)c2Cl)S1. The van der Waals surface area contributed by atoms with Gasteiger partial charge in [0.15, 0.2) is 5.17 Å². The van der Waals surface area contributed by atoms with Crippen LogP contribution in [0.5, 0.6) is 0 Å². The van der Waals surface area contributed by atoms with Crippen molar-refractivity contribution in [2.75, 3.05) is 13.1 Å². The van der Waals surface area contributed by atoms with E-state index < -0.39 is 0 Å². The minimum Gasteiger partial charge on any atom is -0.350 e. The second kappa shape index (κ2) is 7.88. The average molecular weight is 385 g/mol. The van der Waals surface area contributed by atoms with Gasteiger partial charge in [-0.2, -0.15) is 0 Å². The molecule has 5 heteroatoms. The number of rotatable bonds is 3. The number of thioether (sulfide) groups is 1. The lowest BCUT2D eigenvalue weighted by atomic mass is 9.99. The van der Waals surface area contributed by atoms with E-state index in [9.17, 15) is 0 Å². The molecule has 0 aromatic heterocycles. The Labute approximate surface area is 160 Å². The zero-order chi connectivity index (χ0) is 17.2. The van der Waals surface area contributed by atoms with Gasteiger partial charge in [0.05, 0.1) is 15.7 Å². The fourth-order valence-electron chi connectivity index (χ4n) is 3.65. The maximum absolute atomic E-state index is 6.34. The highest BCUT2D eigenvalue weighted by molar-refractivity contribution is 8.15. The van der Waals surface area contributed by atoms with Gasteiger partial charge in [0.1, 0.15) is 0 Å². The molecular weight excluding hydrogens is 359 g/mol. The van der Waals surface area contributed by atoms with Crippen molar-refractivity contribution in [3.63, 3.8) is 0 Å². The molecule has 1 aliphatic carbocycles. The molecule has 24 heavy (non-hydrogen) atoms. The van der Waals surface area contributed by atoms with E-state index in [2.05, 4.69) is 18.7 Å². The van der Waals surface area contributed by atoms with Crippen LogP contribution in [0.3, 0.4) is 0 Å². The topological polar surface area (TPSA) is 15.6 Å². The van der Waals surface area contributed by atoms with E-state index in [1.807, 2.05) is 30.0 Å². The van der Waals surface area contributed by atoms with Crippen molar-refractivity contribution in [1.82, 2.24) is 4.90 Å². The largest absolute Gasteiger partial charge is 0.350 e. The van der Waals surface area contributed by atoms with Crippen LogP contribution in [0, 0.1) is 5.92 Å². The minimum atomic E-state index is 0.189. The summed E-state index contributed by atoms with van der Waals surface area (Å²) in [5.74, 6) is 0.794. The molecule has 0 unspecified atom stereocenters. The van der Waals surface area contributed by atoms with Crippen molar-refractivity contribution in [3.8, 4) is 0 Å². The maximum atomic E-state index is 6.34. The fourth-order valence-corrected chi connectivity index (χ4v) is 5.11. The number of aliphatic imine (C=N–C) groups is 1. The zero-order valence-corrected chi connectivity index (χ0v) is 16.9. The maximum Gasteiger partial charge on any atom is 0.165 e. The van der Waals surface area contributed by atoms with Gasteiger partial charge < -0.3 is 4.90 Å². The Morgan fingerprint density at radius 3 is 2.58 bits per heavy atom. The normalized spacial score (nSPS) is 23.7. The predicted molar refractivity (Wildman–Crippen MR) is 108 cm³/mol. The van der Waals surface area contributed by atoms with Crippen molar-refractivity contribution < 1.29 is 0 Å². The van der Waals surface area contributed by atoms with Crippen LogP contribution >= 0.6 is 35.0 Å². The van der Waals surface area contributed by atoms with Gasteiger partial charge in [-0.1, -0.05) is 66.7 Å². The number of benzene rings is 1. The molecule has 2 nitrogen and oxygen atoms in total. The summed E-state index contributed by atoms with van der Waals surface area (Å²) in [5.41, 5.74) is 0.773. The van der Waals surface area contributed by atoms with Crippen molar-refractivity contribution >= 4 is 45.8 Å². The number of hydrogen-bond donors (Lipinski definition) is 0. The highest BCUT2D eigenvalue weighted by Gasteiger charge is 2.36. The van der Waals surface area contributed by atoms with E-state index in [1.54, 1.807) is 0 Å². The van der Waals surface area contributed by atoms with Gasteiger partial charge in [0, 0.05) is 17.8 Å². The second-order valence-electron chi connectivity index (χ2n) is 7.57. The molecule has 1 heterocycles. The summed E-state index contributed by atoms with van der Waals surface area (Å²) >= 11 is 14.3. The van der Waals surface area contributed by atoms with Crippen LogP contribution in [0.4, 0.5) is 5.69 Å². The van der Waals surface area contributed by atoms with Crippen molar-refractivity contribution in [3.05, 3.63) is 28.2 Å². The summed E-state index contributed by atoms with van der Waals surface area (Å²) in [6.07, 6.45) is 8.26. The molecule has 0 atom stereocenters. The molecule has 2 aliphatic rings. The van der Waals surface area contributed by atoms with Gasteiger partial charge in [-0.25, -0.2) is 4.99 Å². The van der Waals surface area contributed by atoms with Crippen molar-refractivity contribution in [1.29, 1.82) is 0 Å². The monoisotopic (exact) mass is 384 g/mol. The molecule has 0 amide bonds. The van der Waals surface area contributed by atoms with Gasteiger partial charge in [-0.3, -0.25) is 0 Å². The van der Waals surface area contributed by atoms with Gasteiger partial charge >= 0.3 is 0 Å². The first kappa shape index (κ1) is 18.4. The van der Waals surface area contributed by atoms with E-state index in [4.69, 9.17) is 28.2 Å². The number of nitrogens with zero attached hydrogens (tertiary/aromatic N) is 2. The lowest BCUT2D eigenvalue weighted by Crippen LogP contribution is -2.33. The highest BCUT2D eigenvalue weighted by atomic mass is 35.5. The number of amidine groups is 1. The summed E-state index contributed by atoms with van der Waals surface area (Å²) in [6.45, 7) is 6.75. The first-order chi connectivity index (χ1) is 11.4. The number of hydrogen-bond acceptors (Lipinski definition) is 2. The van der Waals surface area contributed by atoms with Gasteiger partial charge in [0.25, 0.3) is 0 Å². The highest BCUT2D eigenvalue weighted by Crippen LogP contribution is 2.40. The molecule has 132 valence electrons. The van der Waals surface area contributed by atoms with E-state index in [-0.39, 0.29) is 4.75 Å². The molecule has 2 fully saturated rings. The summed E-state index contributed by atoms with van der Waals surface area (Å²) in [6, 6.07) is 5.66. The average Bonchev–Trinajstić information content (AvgIpc) is 2.69. The van der Waals surface area contributed by atoms with Gasteiger partial charge in [-0.15, -0.1) is 0 Å². The third-order valence-corrected chi connectivity index (χ3v) is 6.83. The lowest BCUT2D eigenvalue weighted by molar-refractivity contribution is 0.311. The van der Waals surface area contributed by atoms with E-state index >= 15 is 0 Å². The first-order valence-electron chi connectivity index (χ1n) is 8.91. The molecule has 1 saturated heterocycles.